The molecule has 1 fully saturated rings. The number of amides is 2. The number of rotatable bonds is 6. The summed E-state index contributed by atoms with van der Waals surface area (Å²) in [5.41, 5.74) is 2.93. The van der Waals surface area contributed by atoms with E-state index in [0.717, 1.165) is 18.7 Å². The standard InChI is InChI=1S/C21H26FN3O/c22-20-7-3-2-6-18(20)12-13-23-21(26)24-16-17-8-10-19(11-9-17)25-14-4-1-5-15-25/h2-3,6-11H,1,4-5,12-16H2,(H2,23,24,26). The summed E-state index contributed by atoms with van der Waals surface area (Å²) in [4.78, 5) is 14.3. The van der Waals surface area contributed by atoms with Crippen LogP contribution in [-0.4, -0.2) is 25.7 Å². The van der Waals surface area contributed by atoms with Crippen molar-refractivity contribution in [2.24, 2.45) is 0 Å². The molecule has 5 heteroatoms. The SMILES string of the molecule is O=C(NCCc1ccccc1F)NCc1ccc(N2CCCCC2)cc1. The maximum absolute atomic E-state index is 13.5. The first-order valence-corrected chi connectivity index (χ1v) is 9.31. The lowest BCUT2D eigenvalue weighted by Gasteiger charge is -2.28. The molecule has 2 aromatic rings. The predicted molar refractivity (Wildman–Crippen MR) is 103 cm³/mol. The predicted octanol–water partition coefficient (Wildman–Crippen LogP) is 3.86. The van der Waals surface area contributed by atoms with Crippen LogP contribution in [-0.2, 0) is 13.0 Å². The summed E-state index contributed by atoms with van der Waals surface area (Å²) >= 11 is 0. The second kappa shape index (κ2) is 9.22. The molecule has 0 radical (unpaired) electrons. The smallest absolute Gasteiger partial charge is 0.315 e. The zero-order chi connectivity index (χ0) is 18.2. The first-order valence-electron chi connectivity index (χ1n) is 9.31. The van der Waals surface area contributed by atoms with E-state index in [1.807, 2.05) is 0 Å². The third-order valence-electron chi connectivity index (χ3n) is 4.75. The number of benzene rings is 2. The molecule has 0 aliphatic carbocycles. The van der Waals surface area contributed by atoms with Crippen molar-refractivity contribution >= 4 is 11.7 Å². The number of hydrogen-bond donors (Lipinski definition) is 2. The highest BCUT2D eigenvalue weighted by Gasteiger charge is 2.10. The second-order valence-electron chi connectivity index (χ2n) is 6.67. The number of carbonyl (C=O) groups excluding carboxylic acids is 1. The van der Waals surface area contributed by atoms with Crippen LogP contribution in [0.15, 0.2) is 48.5 Å². The molecule has 0 saturated carbocycles. The van der Waals surface area contributed by atoms with Gasteiger partial charge in [0.05, 0.1) is 0 Å². The van der Waals surface area contributed by atoms with Gasteiger partial charge in [0.2, 0.25) is 0 Å². The van der Waals surface area contributed by atoms with Gasteiger partial charge in [-0.25, -0.2) is 9.18 Å². The van der Waals surface area contributed by atoms with Crippen LogP contribution in [0.25, 0.3) is 0 Å². The quantitative estimate of drug-likeness (QED) is 0.826. The molecule has 4 nitrogen and oxygen atoms in total. The van der Waals surface area contributed by atoms with Gasteiger partial charge in [-0.05, 0) is 55.0 Å². The number of nitrogens with one attached hydrogen (secondary N) is 2. The van der Waals surface area contributed by atoms with Crippen LogP contribution < -0.4 is 15.5 Å². The van der Waals surface area contributed by atoms with Crippen molar-refractivity contribution < 1.29 is 9.18 Å². The fourth-order valence-electron chi connectivity index (χ4n) is 3.23. The fraction of sp³-hybridized carbons (Fsp3) is 0.381. The van der Waals surface area contributed by atoms with Gasteiger partial charge < -0.3 is 15.5 Å². The highest BCUT2D eigenvalue weighted by molar-refractivity contribution is 5.73. The van der Waals surface area contributed by atoms with E-state index in [1.165, 1.54) is 31.0 Å². The highest BCUT2D eigenvalue weighted by Crippen LogP contribution is 2.20. The Morgan fingerprint density at radius 2 is 1.69 bits per heavy atom. The third kappa shape index (κ3) is 5.22. The Morgan fingerprint density at radius 1 is 0.962 bits per heavy atom. The van der Waals surface area contributed by atoms with E-state index < -0.39 is 0 Å². The van der Waals surface area contributed by atoms with Gasteiger partial charge in [0.15, 0.2) is 0 Å². The van der Waals surface area contributed by atoms with Crippen LogP contribution >= 0.6 is 0 Å². The van der Waals surface area contributed by atoms with Crippen molar-refractivity contribution in [3.8, 4) is 0 Å². The summed E-state index contributed by atoms with van der Waals surface area (Å²) < 4.78 is 13.5. The van der Waals surface area contributed by atoms with Gasteiger partial charge in [0, 0.05) is 31.9 Å². The molecule has 0 aromatic heterocycles. The monoisotopic (exact) mass is 355 g/mol. The molecule has 0 atom stereocenters. The van der Waals surface area contributed by atoms with Crippen LogP contribution in [0.3, 0.4) is 0 Å². The number of carbonyl (C=O) groups is 1. The molecule has 1 heterocycles. The Bertz CT molecular complexity index is 711. The first kappa shape index (κ1) is 18.2. The molecule has 1 saturated heterocycles. The van der Waals surface area contributed by atoms with E-state index in [2.05, 4.69) is 39.8 Å². The molecule has 0 unspecified atom stereocenters. The summed E-state index contributed by atoms with van der Waals surface area (Å²) in [5.74, 6) is -0.233. The van der Waals surface area contributed by atoms with Crippen molar-refractivity contribution in [2.75, 3.05) is 24.5 Å². The molecular formula is C21H26FN3O. The van der Waals surface area contributed by atoms with Gasteiger partial charge in [-0.3, -0.25) is 0 Å². The van der Waals surface area contributed by atoms with E-state index in [1.54, 1.807) is 18.2 Å². The molecule has 3 rings (SSSR count). The Labute approximate surface area is 154 Å². The lowest BCUT2D eigenvalue weighted by molar-refractivity contribution is 0.240. The van der Waals surface area contributed by atoms with Gasteiger partial charge in [-0.15, -0.1) is 0 Å². The first-order chi connectivity index (χ1) is 12.7. The summed E-state index contributed by atoms with van der Waals surface area (Å²) in [7, 11) is 0. The maximum atomic E-state index is 13.5. The van der Waals surface area contributed by atoms with Gasteiger partial charge >= 0.3 is 6.03 Å². The van der Waals surface area contributed by atoms with Crippen molar-refractivity contribution in [3.63, 3.8) is 0 Å². The minimum atomic E-state index is -0.235. The Kier molecular flexibility index (Phi) is 6.47. The molecule has 2 N–H and O–H groups in total. The summed E-state index contributed by atoms with van der Waals surface area (Å²) in [6.07, 6.45) is 4.32. The van der Waals surface area contributed by atoms with Gasteiger partial charge in [0.25, 0.3) is 0 Å². The Hall–Kier alpha value is -2.56. The van der Waals surface area contributed by atoms with Crippen LogP contribution in [0.2, 0.25) is 0 Å². The van der Waals surface area contributed by atoms with Gasteiger partial charge in [-0.2, -0.15) is 0 Å². The van der Waals surface area contributed by atoms with Crippen LogP contribution in [0.1, 0.15) is 30.4 Å². The van der Waals surface area contributed by atoms with E-state index in [9.17, 15) is 9.18 Å². The largest absolute Gasteiger partial charge is 0.372 e. The molecule has 138 valence electrons. The lowest BCUT2D eigenvalue weighted by Crippen LogP contribution is -2.36. The number of hydrogen-bond acceptors (Lipinski definition) is 2. The van der Waals surface area contributed by atoms with E-state index in [4.69, 9.17) is 0 Å². The molecular weight excluding hydrogens is 329 g/mol. The molecule has 2 amide bonds. The van der Waals surface area contributed by atoms with Crippen molar-refractivity contribution in [2.45, 2.75) is 32.2 Å². The van der Waals surface area contributed by atoms with Crippen molar-refractivity contribution in [1.82, 2.24) is 10.6 Å². The number of nitrogens with zero attached hydrogens (tertiary/aromatic N) is 1. The average molecular weight is 355 g/mol. The van der Waals surface area contributed by atoms with Crippen LogP contribution in [0, 0.1) is 5.82 Å². The topological polar surface area (TPSA) is 44.4 Å². The molecule has 1 aliphatic rings. The second-order valence-corrected chi connectivity index (χ2v) is 6.67. The lowest BCUT2D eigenvalue weighted by atomic mass is 10.1. The maximum Gasteiger partial charge on any atom is 0.315 e. The zero-order valence-electron chi connectivity index (χ0n) is 15.0. The van der Waals surface area contributed by atoms with Gasteiger partial charge in [0.1, 0.15) is 5.82 Å². The van der Waals surface area contributed by atoms with E-state index in [-0.39, 0.29) is 11.8 Å². The molecule has 0 bridgehead atoms. The molecule has 1 aliphatic heterocycles. The minimum Gasteiger partial charge on any atom is -0.372 e. The normalized spacial score (nSPS) is 14.1. The number of anilines is 1. The van der Waals surface area contributed by atoms with Crippen molar-refractivity contribution in [1.29, 1.82) is 0 Å². The Balaban J connectivity index is 1.39. The highest BCUT2D eigenvalue weighted by atomic mass is 19.1. The Morgan fingerprint density at radius 3 is 2.42 bits per heavy atom. The molecule has 2 aromatic carbocycles. The number of halogens is 1. The number of piperidine rings is 1. The summed E-state index contributed by atoms with van der Waals surface area (Å²) in [6, 6.07) is 14.8. The van der Waals surface area contributed by atoms with Crippen molar-refractivity contribution in [3.05, 3.63) is 65.5 Å². The van der Waals surface area contributed by atoms with Gasteiger partial charge in [-0.1, -0.05) is 30.3 Å². The van der Waals surface area contributed by atoms with Crippen LogP contribution in [0.4, 0.5) is 14.9 Å². The average Bonchev–Trinajstić information content (AvgIpc) is 2.69. The molecule has 0 spiro atoms. The zero-order valence-corrected chi connectivity index (χ0v) is 15.0. The van der Waals surface area contributed by atoms with Crippen LogP contribution in [0.5, 0.6) is 0 Å². The fourth-order valence-corrected chi connectivity index (χ4v) is 3.23. The third-order valence-corrected chi connectivity index (χ3v) is 4.75. The molecule has 26 heavy (non-hydrogen) atoms. The van der Waals surface area contributed by atoms with E-state index >= 15 is 0 Å². The van der Waals surface area contributed by atoms with E-state index in [0.29, 0.717) is 25.1 Å². The number of urea groups is 1. The summed E-state index contributed by atoms with van der Waals surface area (Å²) in [5, 5.41) is 5.61. The summed E-state index contributed by atoms with van der Waals surface area (Å²) in [6.45, 7) is 3.14. The minimum absolute atomic E-state index is 0.233.